The predicted octanol–water partition coefficient (Wildman–Crippen LogP) is 1.71. The highest BCUT2D eigenvalue weighted by atomic mass is 19.1. The molecule has 19 heavy (non-hydrogen) atoms. The Morgan fingerprint density at radius 3 is 2.58 bits per heavy atom. The SMILES string of the molecule is NC(=O)c1ccc(COC2CCC(N)CC2)c(F)c1. The molecule has 0 atom stereocenters. The number of ether oxygens (including phenoxy) is 1. The molecule has 0 unspecified atom stereocenters. The van der Waals surface area contributed by atoms with Gasteiger partial charge in [-0.15, -0.1) is 0 Å². The van der Waals surface area contributed by atoms with Gasteiger partial charge in [-0.2, -0.15) is 0 Å². The van der Waals surface area contributed by atoms with E-state index in [0.29, 0.717) is 5.56 Å². The molecule has 0 heterocycles. The molecule has 0 aromatic heterocycles. The summed E-state index contributed by atoms with van der Waals surface area (Å²) < 4.78 is 19.4. The van der Waals surface area contributed by atoms with Crippen LogP contribution in [0.3, 0.4) is 0 Å². The lowest BCUT2D eigenvalue weighted by Gasteiger charge is -2.26. The van der Waals surface area contributed by atoms with Crippen LogP contribution in [0.1, 0.15) is 41.6 Å². The van der Waals surface area contributed by atoms with Crippen LogP contribution in [0, 0.1) is 5.82 Å². The minimum atomic E-state index is -0.632. The van der Waals surface area contributed by atoms with Gasteiger partial charge in [0, 0.05) is 17.2 Å². The largest absolute Gasteiger partial charge is 0.373 e. The maximum absolute atomic E-state index is 13.7. The second-order valence-corrected chi connectivity index (χ2v) is 5.02. The van der Waals surface area contributed by atoms with Crippen molar-refractivity contribution < 1.29 is 13.9 Å². The molecule has 2 rings (SSSR count). The Bertz CT molecular complexity index is 457. The van der Waals surface area contributed by atoms with Gasteiger partial charge < -0.3 is 16.2 Å². The molecule has 0 radical (unpaired) electrons. The molecule has 0 bridgehead atoms. The Labute approximate surface area is 111 Å². The van der Waals surface area contributed by atoms with E-state index in [1.54, 1.807) is 6.07 Å². The van der Waals surface area contributed by atoms with Gasteiger partial charge in [0.25, 0.3) is 0 Å². The van der Waals surface area contributed by atoms with E-state index in [0.717, 1.165) is 31.7 Å². The molecule has 4 nitrogen and oxygen atoms in total. The molecule has 1 saturated carbocycles. The molecule has 0 aliphatic heterocycles. The Kier molecular flexibility index (Phi) is 4.50. The van der Waals surface area contributed by atoms with Crippen molar-refractivity contribution in [2.45, 2.75) is 44.4 Å². The summed E-state index contributed by atoms with van der Waals surface area (Å²) in [5, 5.41) is 0. The molecule has 1 aliphatic rings. The molecule has 1 aromatic carbocycles. The van der Waals surface area contributed by atoms with E-state index in [1.165, 1.54) is 6.07 Å². The summed E-state index contributed by atoms with van der Waals surface area (Å²) in [6, 6.07) is 4.48. The quantitative estimate of drug-likeness (QED) is 0.870. The third kappa shape index (κ3) is 3.75. The summed E-state index contributed by atoms with van der Waals surface area (Å²) in [7, 11) is 0. The van der Waals surface area contributed by atoms with E-state index in [-0.39, 0.29) is 24.3 Å². The molecular formula is C14H19FN2O2. The van der Waals surface area contributed by atoms with Crippen molar-refractivity contribution in [3.63, 3.8) is 0 Å². The lowest BCUT2D eigenvalue weighted by molar-refractivity contribution is 0.0125. The summed E-state index contributed by atoms with van der Waals surface area (Å²) in [5.74, 6) is -1.09. The summed E-state index contributed by atoms with van der Waals surface area (Å²) in [5.41, 5.74) is 11.5. The smallest absolute Gasteiger partial charge is 0.248 e. The summed E-state index contributed by atoms with van der Waals surface area (Å²) in [4.78, 5) is 10.9. The maximum Gasteiger partial charge on any atom is 0.248 e. The van der Waals surface area contributed by atoms with Gasteiger partial charge in [-0.25, -0.2) is 4.39 Å². The second kappa shape index (κ2) is 6.12. The Hall–Kier alpha value is -1.46. The van der Waals surface area contributed by atoms with Crippen LogP contribution in [0.4, 0.5) is 4.39 Å². The summed E-state index contributed by atoms with van der Waals surface area (Å²) in [6.07, 6.45) is 3.89. The number of rotatable bonds is 4. The summed E-state index contributed by atoms with van der Waals surface area (Å²) >= 11 is 0. The number of primary amides is 1. The molecule has 1 aromatic rings. The molecule has 4 N–H and O–H groups in total. The second-order valence-electron chi connectivity index (χ2n) is 5.02. The topological polar surface area (TPSA) is 78.3 Å². The van der Waals surface area contributed by atoms with Crippen LogP contribution >= 0.6 is 0 Å². The van der Waals surface area contributed by atoms with Crippen molar-refractivity contribution >= 4 is 5.91 Å². The number of nitrogens with two attached hydrogens (primary N) is 2. The van der Waals surface area contributed by atoms with Gasteiger partial charge in [-0.3, -0.25) is 4.79 Å². The Morgan fingerprint density at radius 2 is 2.00 bits per heavy atom. The number of amides is 1. The van der Waals surface area contributed by atoms with E-state index in [9.17, 15) is 9.18 Å². The van der Waals surface area contributed by atoms with Crippen molar-refractivity contribution in [2.75, 3.05) is 0 Å². The fraction of sp³-hybridized carbons (Fsp3) is 0.500. The van der Waals surface area contributed by atoms with Crippen molar-refractivity contribution in [1.82, 2.24) is 0 Å². The van der Waals surface area contributed by atoms with Gasteiger partial charge in [-0.1, -0.05) is 6.07 Å². The van der Waals surface area contributed by atoms with Crippen LogP contribution in [-0.2, 0) is 11.3 Å². The summed E-state index contributed by atoms with van der Waals surface area (Å²) in [6.45, 7) is 0.213. The van der Waals surface area contributed by atoms with Crippen LogP contribution in [0.5, 0.6) is 0 Å². The fourth-order valence-electron chi connectivity index (χ4n) is 2.28. The van der Waals surface area contributed by atoms with Crippen LogP contribution in [0.25, 0.3) is 0 Å². The minimum absolute atomic E-state index is 0.148. The number of carbonyl (C=O) groups excluding carboxylic acids is 1. The molecule has 0 spiro atoms. The average Bonchev–Trinajstić information content (AvgIpc) is 2.39. The van der Waals surface area contributed by atoms with Gasteiger partial charge in [0.1, 0.15) is 5.82 Å². The lowest BCUT2D eigenvalue weighted by atomic mass is 9.94. The van der Waals surface area contributed by atoms with Crippen LogP contribution in [0.15, 0.2) is 18.2 Å². The van der Waals surface area contributed by atoms with Crippen LogP contribution < -0.4 is 11.5 Å². The average molecular weight is 266 g/mol. The standard InChI is InChI=1S/C14H19FN2O2/c15-13-7-9(14(17)18)1-2-10(13)8-19-12-5-3-11(16)4-6-12/h1-2,7,11-12H,3-6,8,16H2,(H2,17,18). The Morgan fingerprint density at radius 1 is 1.32 bits per heavy atom. The zero-order chi connectivity index (χ0) is 13.8. The van der Waals surface area contributed by atoms with E-state index < -0.39 is 11.7 Å². The fourth-order valence-corrected chi connectivity index (χ4v) is 2.28. The van der Waals surface area contributed by atoms with Crippen molar-refractivity contribution in [3.05, 3.63) is 35.1 Å². The van der Waals surface area contributed by atoms with E-state index >= 15 is 0 Å². The predicted molar refractivity (Wildman–Crippen MR) is 69.9 cm³/mol. The third-order valence-corrected chi connectivity index (χ3v) is 3.53. The maximum atomic E-state index is 13.7. The molecule has 1 fully saturated rings. The van der Waals surface area contributed by atoms with Gasteiger partial charge >= 0.3 is 0 Å². The van der Waals surface area contributed by atoms with E-state index in [2.05, 4.69) is 0 Å². The van der Waals surface area contributed by atoms with Gasteiger partial charge in [0.05, 0.1) is 12.7 Å². The molecule has 1 aliphatic carbocycles. The number of halogens is 1. The number of hydrogen-bond donors (Lipinski definition) is 2. The van der Waals surface area contributed by atoms with Gasteiger partial charge in [0.2, 0.25) is 5.91 Å². The number of carbonyl (C=O) groups is 1. The first-order valence-corrected chi connectivity index (χ1v) is 6.51. The van der Waals surface area contributed by atoms with Crippen molar-refractivity contribution in [3.8, 4) is 0 Å². The number of benzene rings is 1. The highest BCUT2D eigenvalue weighted by Gasteiger charge is 2.19. The monoisotopic (exact) mass is 266 g/mol. The van der Waals surface area contributed by atoms with Gasteiger partial charge in [0.15, 0.2) is 0 Å². The highest BCUT2D eigenvalue weighted by molar-refractivity contribution is 5.92. The van der Waals surface area contributed by atoms with Crippen LogP contribution in [-0.4, -0.2) is 18.1 Å². The molecule has 5 heteroatoms. The normalized spacial score (nSPS) is 23.3. The van der Waals surface area contributed by atoms with Crippen LogP contribution in [0.2, 0.25) is 0 Å². The molecular weight excluding hydrogens is 247 g/mol. The van der Waals surface area contributed by atoms with E-state index in [1.807, 2.05) is 0 Å². The first-order chi connectivity index (χ1) is 9.06. The minimum Gasteiger partial charge on any atom is -0.373 e. The molecule has 0 saturated heterocycles. The van der Waals surface area contributed by atoms with Crippen molar-refractivity contribution in [2.24, 2.45) is 11.5 Å². The zero-order valence-electron chi connectivity index (χ0n) is 10.8. The van der Waals surface area contributed by atoms with Crippen molar-refractivity contribution in [1.29, 1.82) is 0 Å². The zero-order valence-corrected chi connectivity index (χ0v) is 10.8. The first-order valence-electron chi connectivity index (χ1n) is 6.51. The Balaban J connectivity index is 1.91. The number of hydrogen-bond acceptors (Lipinski definition) is 3. The first kappa shape index (κ1) is 14.0. The van der Waals surface area contributed by atoms with E-state index in [4.69, 9.17) is 16.2 Å². The highest BCUT2D eigenvalue weighted by Crippen LogP contribution is 2.21. The molecule has 104 valence electrons. The van der Waals surface area contributed by atoms with Gasteiger partial charge in [-0.05, 0) is 37.8 Å². The molecule has 1 amide bonds. The lowest BCUT2D eigenvalue weighted by Crippen LogP contribution is -2.30. The third-order valence-electron chi connectivity index (χ3n) is 3.53.